The molecule has 0 aromatic heterocycles. The Morgan fingerprint density at radius 1 is 1.20 bits per heavy atom. The van der Waals surface area contributed by atoms with Crippen molar-refractivity contribution in [3.63, 3.8) is 0 Å². The number of esters is 1. The Bertz CT molecular complexity index is 301. The van der Waals surface area contributed by atoms with Crippen LogP contribution in [-0.4, -0.2) is 29.1 Å². The van der Waals surface area contributed by atoms with Crippen LogP contribution in [0.4, 0.5) is 0 Å². The summed E-state index contributed by atoms with van der Waals surface area (Å²) in [4.78, 5) is 21.7. The highest BCUT2D eigenvalue weighted by atomic mass is 16.5. The summed E-state index contributed by atoms with van der Waals surface area (Å²) >= 11 is 0. The van der Waals surface area contributed by atoms with Crippen molar-refractivity contribution >= 4 is 11.8 Å². The van der Waals surface area contributed by atoms with Crippen LogP contribution in [0.2, 0.25) is 0 Å². The van der Waals surface area contributed by atoms with E-state index in [-0.39, 0.29) is 12.2 Å². The van der Waals surface area contributed by atoms with Crippen LogP contribution in [0.3, 0.4) is 0 Å². The molecule has 0 radical (unpaired) electrons. The number of allylic oxidation sites excluding steroid dienone is 1. The van der Waals surface area contributed by atoms with Crippen LogP contribution < -0.4 is 0 Å². The Balaban J connectivity index is 4.56. The number of aliphatic hydroxyl groups is 2. The van der Waals surface area contributed by atoms with Gasteiger partial charge in [-0.15, -0.1) is 0 Å². The number of aliphatic hydroxyl groups excluding tert-OH is 2. The van der Waals surface area contributed by atoms with E-state index in [0.717, 1.165) is 13.2 Å². The van der Waals surface area contributed by atoms with E-state index in [1.807, 2.05) is 6.92 Å². The summed E-state index contributed by atoms with van der Waals surface area (Å²) in [6.07, 6.45) is 2.48. The first-order valence-corrected chi connectivity index (χ1v) is 4.43. The quantitative estimate of drug-likeness (QED) is 0.313. The maximum absolute atomic E-state index is 11.0. The van der Waals surface area contributed by atoms with Crippen molar-refractivity contribution in [3.05, 3.63) is 23.7 Å². The van der Waals surface area contributed by atoms with Crippen LogP contribution in [0.25, 0.3) is 0 Å². The second kappa shape index (κ2) is 6.64. The number of hydrogen-bond acceptors (Lipinski definition) is 5. The predicted molar refractivity (Wildman–Crippen MR) is 53.4 cm³/mol. The zero-order valence-electron chi connectivity index (χ0n) is 8.69. The van der Waals surface area contributed by atoms with Crippen molar-refractivity contribution in [3.8, 4) is 0 Å². The van der Waals surface area contributed by atoms with Crippen molar-refractivity contribution < 1.29 is 24.5 Å². The molecular weight excluding hydrogens is 200 g/mol. The van der Waals surface area contributed by atoms with Crippen LogP contribution in [0.5, 0.6) is 0 Å². The van der Waals surface area contributed by atoms with Gasteiger partial charge in [0.1, 0.15) is 0 Å². The number of hydrogen-bond donors (Lipinski definition) is 2. The van der Waals surface area contributed by atoms with E-state index in [4.69, 9.17) is 5.11 Å². The molecule has 5 nitrogen and oxygen atoms in total. The highest BCUT2D eigenvalue weighted by molar-refractivity contribution is 5.91. The third kappa shape index (κ3) is 5.51. The molecule has 0 aromatic carbocycles. The van der Waals surface area contributed by atoms with Gasteiger partial charge in [-0.25, -0.2) is 4.79 Å². The summed E-state index contributed by atoms with van der Waals surface area (Å²) in [5.41, 5.74) is 0. The summed E-state index contributed by atoms with van der Waals surface area (Å²) in [5, 5.41) is 18.3. The lowest BCUT2D eigenvalue weighted by Crippen LogP contribution is -2.01. The number of ether oxygens (including phenoxy) is 1. The molecule has 0 aliphatic carbocycles. The number of ketones is 1. The van der Waals surface area contributed by atoms with Gasteiger partial charge in [-0.3, -0.25) is 4.79 Å². The SMILES string of the molecule is CCCC(=O)C=C(O)C(O)=CC(=O)OC. The van der Waals surface area contributed by atoms with Gasteiger partial charge >= 0.3 is 5.97 Å². The van der Waals surface area contributed by atoms with Gasteiger partial charge in [0.25, 0.3) is 0 Å². The topological polar surface area (TPSA) is 83.8 Å². The van der Waals surface area contributed by atoms with Crippen LogP contribution >= 0.6 is 0 Å². The minimum Gasteiger partial charge on any atom is -0.504 e. The Morgan fingerprint density at radius 2 is 1.73 bits per heavy atom. The molecule has 0 saturated carbocycles. The summed E-state index contributed by atoms with van der Waals surface area (Å²) in [6, 6.07) is 0. The molecule has 0 saturated heterocycles. The maximum Gasteiger partial charge on any atom is 0.334 e. The van der Waals surface area contributed by atoms with E-state index >= 15 is 0 Å². The van der Waals surface area contributed by atoms with Gasteiger partial charge in [-0.05, 0) is 6.42 Å². The molecule has 0 bridgehead atoms. The Hall–Kier alpha value is -1.78. The fourth-order valence-electron chi connectivity index (χ4n) is 0.789. The molecule has 0 rings (SSSR count). The van der Waals surface area contributed by atoms with Gasteiger partial charge in [0.2, 0.25) is 0 Å². The lowest BCUT2D eigenvalue weighted by Gasteiger charge is -1.98. The van der Waals surface area contributed by atoms with Crippen LogP contribution in [0.1, 0.15) is 19.8 Å². The molecule has 0 aliphatic heterocycles. The zero-order valence-corrected chi connectivity index (χ0v) is 8.69. The van der Waals surface area contributed by atoms with E-state index < -0.39 is 17.5 Å². The monoisotopic (exact) mass is 214 g/mol. The fraction of sp³-hybridized carbons (Fsp3) is 0.400. The molecule has 0 aliphatic rings. The van der Waals surface area contributed by atoms with Crippen LogP contribution in [0.15, 0.2) is 23.7 Å². The summed E-state index contributed by atoms with van der Waals surface area (Å²) in [6.45, 7) is 1.81. The average Bonchev–Trinajstić information content (AvgIpc) is 2.17. The predicted octanol–water partition coefficient (Wildman–Crippen LogP) is 1.41. The molecule has 0 aromatic rings. The number of rotatable bonds is 5. The Kier molecular flexibility index (Phi) is 5.85. The molecule has 0 heterocycles. The Morgan fingerprint density at radius 3 is 2.20 bits per heavy atom. The standard InChI is InChI=1S/C10H14O5/c1-3-4-7(11)5-8(12)9(13)6-10(14)15-2/h5-6,12-13H,3-4H2,1-2H3. The van der Waals surface area contributed by atoms with Gasteiger partial charge in [-0.2, -0.15) is 0 Å². The fourth-order valence-corrected chi connectivity index (χ4v) is 0.789. The van der Waals surface area contributed by atoms with Gasteiger partial charge in [0, 0.05) is 12.5 Å². The van der Waals surface area contributed by atoms with E-state index in [2.05, 4.69) is 4.74 Å². The largest absolute Gasteiger partial charge is 0.504 e. The molecular formula is C10H14O5. The van der Waals surface area contributed by atoms with Crippen LogP contribution in [-0.2, 0) is 14.3 Å². The average molecular weight is 214 g/mol. The molecule has 2 N–H and O–H groups in total. The molecule has 15 heavy (non-hydrogen) atoms. The second-order valence-electron chi connectivity index (χ2n) is 2.80. The van der Waals surface area contributed by atoms with E-state index in [9.17, 15) is 14.7 Å². The number of methoxy groups -OCH3 is 1. The lowest BCUT2D eigenvalue weighted by molar-refractivity contribution is -0.135. The van der Waals surface area contributed by atoms with Crippen molar-refractivity contribution in [2.45, 2.75) is 19.8 Å². The van der Waals surface area contributed by atoms with Gasteiger partial charge < -0.3 is 14.9 Å². The van der Waals surface area contributed by atoms with Crippen molar-refractivity contribution in [2.24, 2.45) is 0 Å². The van der Waals surface area contributed by atoms with Gasteiger partial charge in [-0.1, -0.05) is 6.92 Å². The molecule has 0 spiro atoms. The van der Waals surface area contributed by atoms with E-state index in [1.54, 1.807) is 0 Å². The zero-order chi connectivity index (χ0) is 11.8. The summed E-state index contributed by atoms with van der Waals surface area (Å²) in [5.74, 6) is -2.46. The van der Waals surface area contributed by atoms with Crippen LogP contribution in [0, 0.1) is 0 Å². The normalized spacial score (nSPS) is 12.4. The summed E-state index contributed by atoms with van der Waals surface area (Å²) < 4.78 is 4.22. The first kappa shape index (κ1) is 13.2. The third-order valence-corrected chi connectivity index (χ3v) is 1.51. The van der Waals surface area contributed by atoms with Crippen molar-refractivity contribution in [2.75, 3.05) is 7.11 Å². The first-order valence-electron chi connectivity index (χ1n) is 4.43. The highest BCUT2D eigenvalue weighted by Gasteiger charge is 2.06. The smallest absolute Gasteiger partial charge is 0.334 e. The first-order chi connectivity index (χ1) is 7.01. The summed E-state index contributed by atoms with van der Waals surface area (Å²) in [7, 11) is 1.13. The number of carbonyl (C=O) groups excluding carboxylic acids is 2. The Labute approximate surface area is 87.7 Å². The minimum absolute atomic E-state index is 0.273. The lowest BCUT2D eigenvalue weighted by atomic mass is 10.2. The molecule has 0 unspecified atom stereocenters. The van der Waals surface area contributed by atoms with Crippen molar-refractivity contribution in [1.82, 2.24) is 0 Å². The second-order valence-corrected chi connectivity index (χ2v) is 2.80. The van der Waals surface area contributed by atoms with Crippen molar-refractivity contribution in [1.29, 1.82) is 0 Å². The third-order valence-electron chi connectivity index (χ3n) is 1.51. The molecule has 5 heteroatoms. The highest BCUT2D eigenvalue weighted by Crippen LogP contribution is 2.04. The van der Waals surface area contributed by atoms with Gasteiger partial charge in [0.05, 0.1) is 13.2 Å². The molecule has 0 atom stereocenters. The maximum atomic E-state index is 11.0. The minimum atomic E-state index is -0.810. The molecule has 84 valence electrons. The molecule has 0 amide bonds. The van der Waals surface area contributed by atoms with E-state index in [1.165, 1.54) is 0 Å². The number of carbonyl (C=O) groups is 2. The van der Waals surface area contributed by atoms with Gasteiger partial charge in [0.15, 0.2) is 17.3 Å². The molecule has 0 fully saturated rings. The van der Waals surface area contributed by atoms with E-state index in [0.29, 0.717) is 12.5 Å².